The number of hydrogen-bond donors (Lipinski definition) is 2. The summed E-state index contributed by atoms with van der Waals surface area (Å²) in [4.78, 5) is 0.971. The van der Waals surface area contributed by atoms with Crippen LogP contribution in [0.5, 0.6) is 0 Å². The SMILES string of the molecule is C[PH+](C)c1ccccc1S(=O)(=O)c1ccccc1[PH+](C)C.NC(c1ccccc1)C(N)c1ccccc1.[Cl][Ru+2][Cl]. The molecule has 0 aliphatic rings. The average molecular weight is 725 g/mol. The predicted molar refractivity (Wildman–Crippen MR) is 176 cm³/mol. The van der Waals surface area contributed by atoms with E-state index in [-0.39, 0.29) is 27.2 Å². The molecule has 0 spiro atoms. The zero-order valence-corrected chi connectivity index (χ0v) is 29.1. The monoisotopic (exact) mass is 724 g/mol. The molecule has 0 aliphatic heterocycles. The van der Waals surface area contributed by atoms with Crippen molar-refractivity contribution >= 4 is 55.7 Å². The van der Waals surface area contributed by atoms with Crippen LogP contribution in [-0.2, 0) is 25.0 Å². The van der Waals surface area contributed by atoms with Crippen molar-refractivity contribution in [1.82, 2.24) is 0 Å². The number of rotatable bonds is 7. The van der Waals surface area contributed by atoms with Crippen LogP contribution in [0.4, 0.5) is 0 Å². The first-order valence-electron chi connectivity index (χ1n) is 12.6. The molecule has 10 heteroatoms. The van der Waals surface area contributed by atoms with Gasteiger partial charge in [0.2, 0.25) is 9.84 Å². The van der Waals surface area contributed by atoms with Gasteiger partial charge in [-0.3, -0.25) is 0 Å². The molecule has 40 heavy (non-hydrogen) atoms. The van der Waals surface area contributed by atoms with Gasteiger partial charge in [0, 0.05) is 27.9 Å². The van der Waals surface area contributed by atoms with E-state index >= 15 is 0 Å². The van der Waals surface area contributed by atoms with Crippen LogP contribution < -0.4 is 22.1 Å². The van der Waals surface area contributed by atoms with Crippen LogP contribution in [0.2, 0.25) is 0 Å². The van der Waals surface area contributed by atoms with Crippen molar-refractivity contribution < 1.29 is 23.6 Å². The van der Waals surface area contributed by atoms with Gasteiger partial charge in [0.25, 0.3) is 0 Å². The molecule has 0 saturated heterocycles. The van der Waals surface area contributed by atoms with Gasteiger partial charge in [0.1, 0.15) is 20.4 Å². The summed E-state index contributed by atoms with van der Waals surface area (Å²) < 4.78 is 26.2. The number of sulfone groups is 1. The van der Waals surface area contributed by atoms with Gasteiger partial charge in [0.05, 0.1) is 26.7 Å². The normalized spacial score (nSPS) is 12.6. The Labute approximate surface area is 258 Å². The molecule has 0 amide bonds. The number of benzene rings is 4. The molecule has 2 atom stereocenters. The van der Waals surface area contributed by atoms with Gasteiger partial charge in [-0.25, -0.2) is 8.42 Å². The Morgan fingerprint density at radius 2 is 0.850 bits per heavy atom. The molecule has 4 rings (SSSR count). The Bertz CT molecular complexity index is 1310. The molecule has 0 heterocycles. The molecule has 0 radical (unpaired) electrons. The Morgan fingerprint density at radius 3 is 1.15 bits per heavy atom. The minimum atomic E-state index is -3.44. The summed E-state index contributed by atoms with van der Waals surface area (Å²) in [5.41, 5.74) is 14.4. The van der Waals surface area contributed by atoms with Crippen LogP contribution in [0.1, 0.15) is 23.2 Å². The van der Waals surface area contributed by atoms with Gasteiger partial charge < -0.3 is 11.5 Å². The van der Waals surface area contributed by atoms with Gasteiger partial charge >= 0.3 is 34.5 Å². The fraction of sp³-hybridized carbons (Fsp3) is 0.200. The number of hydrogen-bond acceptors (Lipinski definition) is 4. The van der Waals surface area contributed by atoms with Crippen molar-refractivity contribution in [1.29, 1.82) is 0 Å². The van der Waals surface area contributed by atoms with Crippen LogP contribution in [-0.4, -0.2) is 35.1 Å². The summed E-state index contributed by atoms with van der Waals surface area (Å²) in [7, 11) is 4.60. The molecule has 2 unspecified atom stereocenters. The van der Waals surface area contributed by atoms with E-state index in [1.165, 1.54) is 0 Å². The molecule has 4 aromatic rings. The minimum absolute atomic E-state index is 0.163. The first-order chi connectivity index (χ1) is 19.1. The van der Waals surface area contributed by atoms with E-state index in [2.05, 4.69) is 26.7 Å². The second-order valence-electron chi connectivity index (χ2n) is 9.42. The fourth-order valence-corrected chi connectivity index (χ4v) is 9.62. The average Bonchev–Trinajstić information content (AvgIpc) is 2.98. The second kappa shape index (κ2) is 17.7. The van der Waals surface area contributed by atoms with E-state index in [1.54, 1.807) is 12.1 Å². The summed E-state index contributed by atoms with van der Waals surface area (Å²) in [6.07, 6.45) is 0. The van der Waals surface area contributed by atoms with Crippen LogP contribution in [0.15, 0.2) is 119 Å². The van der Waals surface area contributed by atoms with Crippen LogP contribution in [0.25, 0.3) is 0 Å². The molecule has 0 aromatic heterocycles. The molecule has 0 aliphatic carbocycles. The number of nitrogens with two attached hydrogens (primary N) is 2. The van der Waals surface area contributed by atoms with Crippen LogP contribution in [0.3, 0.4) is 0 Å². The van der Waals surface area contributed by atoms with Crippen LogP contribution >= 0.6 is 35.2 Å². The van der Waals surface area contributed by atoms with Gasteiger partial charge in [-0.1, -0.05) is 84.9 Å². The van der Waals surface area contributed by atoms with Gasteiger partial charge in [0.15, 0.2) is 0 Å². The maximum atomic E-state index is 13.1. The Kier molecular flexibility index (Phi) is 15.5. The van der Waals surface area contributed by atoms with E-state index in [4.69, 9.17) is 30.8 Å². The molecule has 4 nitrogen and oxygen atoms in total. The van der Waals surface area contributed by atoms with Crippen molar-refractivity contribution in [3.63, 3.8) is 0 Å². The van der Waals surface area contributed by atoms with E-state index in [0.717, 1.165) is 21.7 Å². The fourth-order valence-electron chi connectivity index (χ4n) is 4.11. The molecule has 4 N–H and O–H groups in total. The van der Waals surface area contributed by atoms with Gasteiger partial charge in [-0.15, -0.1) is 0 Å². The van der Waals surface area contributed by atoms with Crippen molar-refractivity contribution in [2.75, 3.05) is 26.7 Å². The van der Waals surface area contributed by atoms with Crippen molar-refractivity contribution in [2.24, 2.45) is 11.5 Å². The Balaban J connectivity index is 0.000000262. The third-order valence-electron chi connectivity index (χ3n) is 6.19. The molecule has 0 bridgehead atoms. The number of halogens is 2. The second-order valence-corrected chi connectivity index (χ2v) is 19.0. The van der Waals surface area contributed by atoms with Crippen molar-refractivity contribution in [3.8, 4) is 0 Å². The molecule has 4 aromatic carbocycles. The molecule has 0 fully saturated rings. The maximum absolute atomic E-state index is 13.1. The molecule has 214 valence electrons. The van der Waals surface area contributed by atoms with Crippen LogP contribution in [0, 0.1) is 0 Å². The molecular formula is C30H38Cl2N2O2P2RuS+4. The Morgan fingerprint density at radius 1 is 0.575 bits per heavy atom. The van der Waals surface area contributed by atoms with E-state index < -0.39 is 25.7 Å². The standard InChI is InChI=1S/C16H20O2P2S.C14H16N2.2ClH.Ru/c1-19(2)13-9-5-7-11-15(13)21(17,18)16-12-8-6-10-14(16)20(3)4;15-13(11-7-3-1-4-8-11)14(16)12-9-5-2-6-10-12;;;/h5-12H,1-4H3;1-10,13-14H,15-16H2;2*1H;/q;;;;+4. The predicted octanol–water partition coefficient (Wildman–Crippen LogP) is 6.48. The zero-order valence-electron chi connectivity index (χ0n) is 23.0. The Hall–Kier alpha value is -1.19. The first kappa shape index (κ1) is 35.0. The van der Waals surface area contributed by atoms with E-state index in [9.17, 15) is 8.42 Å². The van der Waals surface area contributed by atoms with Gasteiger partial charge in [-0.05, 0) is 35.4 Å². The van der Waals surface area contributed by atoms with E-state index in [1.807, 2.05) is 97.1 Å². The van der Waals surface area contributed by atoms with E-state index in [0.29, 0.717) is 9.79 Å². The van der Waals surface area contributed by atoms with Crippen molar-refractivity contribution in [2.45, 2.75) is 21.9 Å². The molecular weight excluding hydrogens is 686 g/mol. The summed E-state index contributed by atoms with van der Waals surface area (Å²) >= 11 is -0.346. The third kappa shape index (κ3) is 9.97. The van der Waals surface area contributed by atoms with Crippen molar-refractivity contribution in [3.05, 3.63) is 120 Å². The molecule has 0 saturated carbocycles. The summed E-state index contributed by atoms with van der Waals surface area (Å²) in [5.74, 6) is 0. The summed E-state index contributed by atoms with van der Waals surface area (Å²) in [6.45, 7) is 8.50. The summed E-state index contributed by atoms with van der Waals surface area (Å²) in [6, 6.07) is 34.4. The zero-order chi connectivity index (χ0) is 29.7. The third-order valence-corrected chi connectivity index (χ3v) is 11.4. The first-order valence-corrected chi connectivity index (χ1v) is 23.5. The quantitative estimate of drug-likeness (QED) is 0.169. The topological polar surface area (TPSA) is 86.2 Å². The summed E-state index contributed by atoms with van der Waals surface area (Å²) in [5, 5.41) is 1.97. The van der Waals surface area contributed by atoms with Gasteiger partial charge in [-0.2, -0.15) is 0 Å².